The molecule has 0 spiro atoms. The summed E-state index contributed by atoms with van der Waals surface area (Å²) < 4.78 is 11.8. The van der Waals surface area contributed by atoms with Gasteiger partial charge in [-0.05, 0) is 6.07 Å². The highest BCUT2D eigenvalue weighted by atomic mass is 16.6. The molecule has 1 aliphatic rings. The van der Waals surface area contributed by atoms with E-state index in [1.165, 1.54) is 6.07 Å². The first kappa shape index (κ1) is 13.8. The molecular formula is C13H19N2O4+. The summed E-state index contributed by atoms with van der Waals surface area (Å²) in [5, 5.41) is 10.9. The average molecular weight is 267 g/mol. The molecule has 2 rings (SSSR count). The van der Waals surface area contributed by atoms with Gasteiger partial charge in [0, 0.05) is 6.07 Å². The number of benzene rings is 1. The Morgan fingerprint density at radius 2 is 2.05 bits per heavy atom. The SMILES string of the molecule is C[N+]1(CCOc2ccccc2[N+](=O)[O-])CCOCC1. The maximum atomic E-state index is 10.9. The molecule has 1 aliphatic heterocycles. The lowest BCUT2D eigenvalue weighted by Crippen LogP contribution is -2.53. The molecule has 1 aromatic rings. The first-order valence-electron chi connectivity index (χ1n) is 6.38. The Hall–Kier alpha value is -1.66. The highest BCUT2D eigenvalue weighted by Gasteiger charge is 2.25. The van der Waals surface area contributed by atoms with E-state index in [2.05, 4.69) is 7.05 Å². The molecule has 1 fully saturated rings. The predicted molar refractivity (Wildman–Crippen MR) is 70.2 cm³/mol. The van der Waals surface area contributed by atoms with Crippen LogP contribution < -0.4 is 4.74 Å². The second-order valence-electron chi connectivity index (χ2n) is 4.98. The van der Waals surface area contributed by atoms with Crippen LogP contribution in [0.2, 0.25) is 0 Å². The standard InChI is InChI=1S/C13H19N2O4/c1-15(6-9-18-10-7-15)8-11-19-13-5-3-2-4-12(13)14(16)17/h2-5H,6-11H2,1H3/q+1. The number of hydrogen-bond acceptors (Lipinski definition) is 4. The molecule has 1 saturated heterocycles. The molecule has 0 bridgehead atoms. The molecule has 6 heteroatoms. The van der Waals surface area contributed by atoms with Gasteiger partial charge in [-0.1, -0.05) is 12.1 Å². The molecule has 19 heavy (non-hydrogen) atoms. The van der Waals surface area contributed by atoms with Gasteiger partial charge in [-0.3, -0.25) is 10.1 Å². The smallest absolute Gasteiger partial charge is 0.310 e. The van der Waals surface area contributed by atoms with Crippen molar-refractivity contribution in [3.8, 4) is 5.75 Å². The van der Waals surface area contributed by atoms with E-state index in [4.69, 9.17) is 9.47 Å². The number of quaternary nitrogens is 1. The fourth-order valence-corrected chi connectivity index (χ4v) is 2.11. The molecule has 104 valence electrons. The molecule has 0 atom stereocenters. The topological polar surface area (TPSA) is 61.6 Å². The summed E-state index contributed by atoms with van der Waals surface area (Å²) >= 11 is 0. The fourth-order valence-electron chi connectivity index (χ4n) is 2.11. The summed E-state index contributed by atoms with van der Waals surface area (Å²) in [6, 6.07) is 6.48. The second kappa shape index (κ2) is 5.99. The third-order valence-corrected chi connectivity index (χ3v) is 3.50. The van der Waals surface area contributed by atoms with Crippen LogP contribution in [0.1, 0.15) is 0 Å². The predicted octanol–water partition coefficient (Wildman–Crippen LogP) is 1.45. The Morgan fingerprint density at radius 1 is 1.37 bits per heavy atom. The van der Waals surface area contributed by atoms with E-state index in [9.17, 15) is 10.1 Å². The number of morpholine rings is 1. The first-order valence-corrected chi connectivity index (χ1v) is 6.38. The van der Waals surface area contributed by atoms with Gasteiger partial charge in [-0.15, -0.1) is 0 Å². The van der Waals surface area contributed by atoms with Gasteiger partial charge in [0.05, 0.1) is 25.2 Å². The van der Waals surface area contributed by atoms with Crippen molar-refractivity contribution in [2.24, 2.45) is 0 Å². The summed E-state index contributed by atoms with van der Waals surface area (Å²) in [6.07, 6.45) is 0. The third-order valence-electron chi connectivity index (χ3n) is 3.50. The molecule has 1 heterocycles. The van der Waals surface area contributed by atoms with Crippen LogP contribution in [0.5, 0.6) is 5.75 Å². The minimum atomic E-state index is -0.416. The number of nitro groups is 1. The minimum Gasteiger partial charge on any atom is -0.481 e. The van der Waals surface area contributed by atoms with Gasteiger partial charge in [-0.2, -0.15) is 0 Å². The maximum absolute atomic E-state index is 10.9. The molecule has 0 aromatic heterocycles. The largest absolute Gasteiger partial charge is 0.481 e. The van der Waals surface area contributed by atoms with Gasteiger partial charge in [0.25, 0.3) is 0 Å². The molecule has 0 amide bonds. The zero-order chi connectivity index (χ0) is 13.7. The fraction of sp³-hybridized carbons (Fsp3) is 0.538. The van der Waals surface area contributed by atoms with Crippen molar-refractivity contribution >= 4 is 5.69 Å². The lowest BCUT2D eigenvalue weighted by molar-refractivity contribution is -0.916. The van der Waals surface area contributed by atoms with Crippen molar-refractivity contribution < 1.29 is 18.9 Å². The van der Waals surface area contributed by atoms with E-state index in [0.29, 0.717) is 12.4 Å². The molecule has 1 aromatic carbocycles. The highest BCUT2D eigenvalue weighted by Crippen LogP contribution is 2.25. The Labute approximate surface area is 112 Å². The molecular weight excluding hydrogens is 248 g/mol. The van der Waals surface area contributed by atoms with E-state index in [-0.39, 0.29) is 5.69 Å². The van der Waals surface area contributed by atoms with Crippen LogP contribution in [0, 0.1) is 10.1 Å². The van der Waals surface area contributed by atoms with E-state index in [1.807, 2.05) is 0 Å². The lowest BCUT2D eigenvalue weighted by atomic mass is 10.3. The normalized spacial score (nSPS) is 17.9. The summed E-state index contributed by atoms with van der Waals surface area (Å²) in [4.78, 5) is 10.4. The monoisotopic (exact) mass is 267 g/mol. The van der Waals surface area contributed by atoms with Gasteiger partial charge in [0.1, 0.15) is 26.2 Å². The average Bonchev–Trinajstić information content (AvgIpc) is 2.40. The van der Waals surface area contributed by atoms with Gasteiger partial charge in [0.2, 0.25) is 0 Å². The molecule has 0 N–H and O–H groups in total. The van der Waals surface area contributed by atoms with Gasteiger partial charge in [0.15, 0.2) is 5.75 Å². The van der Waals surface area contributed by atoms with Crippen molar-refractivity contribution in [1.82, 2.24) is 0 Å². The number of likely N-dealkylation sites (N-methyl/N-ethyl adjacent to an activating group) is 1. The third kappa shape index (κ3) is 3.65. The number of hydrogen-bond donors (Lipinski definition) is 0. The molecule has 0 radical (unpaired) electrons. The highest BCUT2D eigenvalue weighted by molar-refractivity contribution is 5.45. The number of rotatable bonds is 5. The van der Waals surface area contributed by atoms with E-state index < -0.39 is 4.92 Å². The molecule has 0 aliphatic carbocycles. The van der Waals surface area contributed by atoms with Gasteiger partial charge in [-0.25, -0.2) is 0 Å². The summed E-state index contributed by atoms with van der Waals surface area (Å²) in [7, 11) is 2.16. The first-order chi connectivity index (χ1) is 9.11. The molecule has 0 saturated carbocycles. The number of ether oxygens (including phenoxy) is 2. The summed E-state index contributed by atoms with van der Waals surface area (Å²) in [6.45, 7) is 4.75. The zero-order valence-corrected chi connectivity index (χ0v) is 11.1. The van der Waals surface area contributed by atoms with Gasteiger partial charge < -0.3 is 14.0 Å². The zero-order valence-electron chi connectivity index (χ0n) is 11.1. The Balaban J connectivity index is 1.90. The summed E-state index contributed by atoms with van der Waals surface area (Å²) in [5.41, 5.74) is 0.0205. The van der Waals surface area contributed by atoms with Crippen LogP contribution in [0.3, 0.4) is 0 Å². The van der Waals surface area contributed by atoms with E-state index >= 15 is 0 Å². The Bertz CT molecular complexity index is 444. The van der Waals surface area contributed by atoms with Crippen LogP contribution in [0.4, 0.5) is 5.69 Å². The van der Waals surface area contributed by atoms with Crippen molar-refractivity contribution in [3.05, 3.63) is 34.4 Å². The Morgan fingerprint density at radius 3 is 2.74 bits per heavy atom. The van der Waals surface area contributed by atoms with Crippen LogP contribution >= 0.6 is 0 Å². The van der Waals surface area contributed by atoms with Crippen LogP contribution in [0.25, 0.3) is 0 Å². The molecule has 0 unspecified atom stereocenters. The van der Waals surface area contributed by atoms with Crippen molar-refractivity contribution in [1.29, 1.82) is 0 Å². The maximum Gasteiger partial charge on any atom is 0.310 e. The van der Waals surface area contributed by atoms with Crippen molar-refractivity contribution in [2.75, 3.05) is 46.5 Å². The number of para-hydroxylation sites is 2. The van der Waals surface area contributed by atoms with E-state index in [0.717, 1.165) is 37.3 Å². The molecule has 6 nitrogen and oxygen atoms in total. The number of nitrogens with zero attached hydrogens (tertiary/aromatic N) is 2. The van der Waals surface area contributed by atoms with Crippen molar-refractivity contribution in [3.63, 3.8) is 0 Å². The Kier molecular flexibility index (Phi) is 4.34. The van der Waals surface area contributed by atoms with Crippen molar-refractivity contribution in [2.45, 2.75) is 0 Å². The number of nitro benzene ring substituents is 1. The van der Waals surface area contributed by atoms with Crippen LogP contribution in [-0.2, 0) is 4.74 Å². The van der Waals surface area contributed by atoms with Crippen LogP contribution in [-0.4, -0.2) is 55.9 Å². The summed E-state index contributed by atoms with van der Waals surface area (Å²) in [5.74, 6) is 0.340. The minimum absolute atomic E-state index is 0.0205. The second-order valence-corrected chi connectivity index (χ2v) is 4.98. The quantitative estimate of drug-likeness (QED) is 0.460. The van der Waals surface area contributed by atoms with E-state index in [1.54, 1.807) is 18.2 Å². The van der Waals surface area contributed by atoms with Crippen LogP contribution in [0.15, 0.2) is 24.3 Å². The lowest BCUT2D eigenvalue weighted by Gasteiger charge is -2.37. The van der Waals surface area contributed by atoms with Gasteiger partial charge >= 0.3 is 5.69 Å².